The van der Waals surface area contributed by atoms with Crippen LogP contribution in [0.2, 0.25) is 0 Å². The number of aliphatic hydroxyl groups is 1. The molecule has 0 unspecified atom stereocenters. The molecule has 37 heavy (non-hydrogen) atoms. The molecule has 11 heteroatoms. The van der Waals surface area contributed by atoms with Gasteiger partial charge in [-0.1, -0.05) is 23.9 Å². The minimum Gasteiger partial charge on any atom is -0.491 e. The zero-order valence-electron chi connectivity index (χ0n) is 19.3. The van der Waals surface area contributed by atoms with E-state index in [1.165, 1.54) is 23.1 Å². The molecule has 0 aliphatic carbocycles. The Bertz CT molecular complexity index is 1530. The van der Waals surface area contributed by atoms with Crippen molar-refractivity contribution in [2.75, 3.05) is 24.3 Å². The van der Waals surface area contributed by atoms with E-state index in [1.54, 1.807) is 36.4 Å². The number of thioether (sulfide) groups is 1. The van der Waals surface area contributed by atoms with E-state index in [1.807, 2.05) is 17.5 Å². The lowest BCUT2D eigenvalue weighted by molar-refractivity contribution is 0.201. The first-order valence-electron chi connectivity index (χ1n) is 10.9. The van der Waals surface area contributed by atoms with Gasteiger partial charge in [-0.25, -0.2) is 14.8 Å². The number of rotatable bonds is 9. The van der Waals surface area contributed by atoms with Crippen LogP contribution >= 0.6 is 23.1 Å². The van der Waals surface area contributed by atoms with Crippen LogP contribution in [0.25, 0.3) is 16.0 Å². The van der Waals surface area contributed by atoms with E-state index in [0.717, 1.165) is 11.4 Å². The molecule has 0 aliphatic rings. The molecule has 0 spiro atoms. The fraction of sp³-hybridized carbons (Fsp3) is 0.115. The predicted molar refractivity (Wildman–Crippen MR) is 144 cm³/mol. The number of hydrogen-bond donors (Lipinski definition) is 3. The van der Waals surface area contributed by atoms with Gasteiger partial charge in [-0.05, 0) is 42.0 Å². The molecular weight excluding hydrogens is 506 g/mol. The monoisotopic (exact) mass is 525 g/mol. The summed E-state index contributed by atoms with van der Waals surface area (Å²) in [5.41, 5.74) is 9.75. The Balaban J connectivity index is 1.56. The van der Waals surface area contributed by atoms with Crippen LogP contribution in [-0.2, 0) is 5.75 Å². The highest BCUT2D eigenvalue weighted by Gasteiger charge is 2.21. The summed E-state index contributed by atoms with van der Waals surface area (Å²) >= 11 is 2.75. The number of nitriles is 2. The minimum absolute atomic E-state index is 0.0496. The fourth-order valence-corrected chi connectivity index (χ4v) is 5.10. The van der Waals surface area contributed by atoms with E-state index in [-0.39, 0.29) is 30.3 Å². The van der Waals surface area contributed by atoms with Crippen molar-refractivity contribution < 1.29 is 9.84 Å². The molecule has 0 bridgehead atoms. The van der Waals surface area contributed by atoms with E-state index in [2.05, 4.69) is 32.3 Å². The first kappa shape index (κ1) is 25.5. The third kappa shape index (κ3) is 5.97. The molecule has 2 aromatic heterocycles. The maximum absolute atomic E-state index is 10.0. The molecule has 0 atom stereocenters. The molecule has 0 saturated carbocycles. The Kier molecular flexibility index (Phi) is 8.19. The third-order valence-corrected chi connectivity index (χ3v) is 6.88. The second-order valence-corrected chi connectivity index (χ2v) is 9.29. The number of anilines is 3. The molecule has 4 aromatic rings. The van der Waals surface area contributed by atoms with Crippen LogP contribution in [0.4, 0.5) is 22.3 Å². The summed E-state index contributed by atoms with van der Waals surface area (Å²) in [6, 6.07) is 18.3. The van der Waals surface area contributed by atoms with E-state index in [0.29, 0.717) is 38.4 Å². The molecule has 0 radical (unpaired) electrons. The lowest BCUT2D eigenvalue weighted by Crippen LogP contribution is -2.02. The summed E-state index contributed by atoms with van der Waals surface area (Å²) < 4.78 is 5.40. The van der Waals surface area contributed by atoms with Gasteiger partial charge in [0.1, 0.15) is 29.3 Å². The summed E-state index contributed by atoms with van der Waals surface area (Å²) in [4.78, 5) is 12.5. The summed E-state index contributed by atoms with van der Waals surface area (Å²) in [7, 11) is 0. The Hall–Kier alpha value is -4.60. The average Bonchev–Trinajstić information content (AvgIpc) is 3.38. The Labute approximate surface area is 221 Å². The standard InChI is InChI=1S/C26H19N7O2S2/c1-30-23-22(17-4-8-20(9-5-17)35-11-10-34)21(13-28)25(33-24(23)29)36-14-19-15-37-26(32-19)31-18-6-2-16(12-27)3-7-18/h2-9,15,34H,10-11,14H2,(H2,29,33)(H,31,32). The number of ether oxygens (including phenoxy) is 1. The van der Waals surface area contributed by atoms with Gasteiger partial charge in [0.25, 0.3) is 0 Å². The quantitative estimate of drug-likeness (QED) is 0.191. The molecule has 9 nitrogen and oxygen atoms in total. The third-order valence-electron chi connectivity index (χ3n) is 5.07. The van der Waals surface area contributed by atoms with Gasteiger partial charge in [-0.2, -0.15) is 10.5 Å². The zero-order chi connectivity index (χ0) is 26.2. The van der Waals surface area contributed by atoms with Crippen LogP contribution in [-0.4, -0.2) is 28.3 Å². The first-order chi connectivity index (χ1) is 18.1. The Morgan fingerprint density at radius 1 is 1.11 bits per heavy atom. The van der Waals surface area contributed by atoms with Crippen molar-refractivity contribution in [3.8, 4) is 29.0 Å². The lowest BCUT2D eigenvalue weighted by Gasteiger charge is -2.13. The number of hydrogen-bond acceptors (Lipinski definition) is 10. The second-order valence-electron chi connectivity index (χ2n) is 7.47. The SMILES string of the molecule is [C-]#[N+]c1c(N)nc(SCc2csc(Nc3ccc(C#N)cc3)n2)c(C#N)c1-c1ccc(OCCO)cc1. The largest absolute Gasteiger partial charge is 0.491 e. The zero-order valence-corrected chi connectivity index (χ0v) is 20.9. The number of nitrogen functional groups attached to an aromatic ring is 1. The Morgan fingerprint density at radius 3 is 2.51 bits per heavy atom. The van der Waals surface area contributed by atoms with Crippen LogP contribution < -0.4 is 15.8 Å². The van der Waals surface area contributed by atoms with Crippen LogP contribution in [0.1, 0.15) is 16.8 Å². The van der Waals surface area contributed by atoms with Crippen molar-refractivity contribution in [1.29, 1.82) is 10.5 Å². The molecule has 2 aromatic carbocycles. The highest BCUT2D eigenvalue weighted by molar-refractivity contribution is 7.98. The normalized spacial score (nSPS) is 10.2. The van der Waals surface area contributed by atoms with Gasteiger partial charge in [0, 0.05) is 22.4 Å². The summed E-state index contributed by atoms with van der Waals surface area (Å²) in [6.07, 6.45) is 0. The molecular formula is C26H19N7O2S2. The Morgan fingerprint density at radius 2 is 1.86 bits per heavy atom. The van der Waals surface area contributed by atoms with Crippen LogP contribution in [0.15, 0.2) is 58.9 Å². The van der Waals surface area contributed by atoms with Gasteiger partial charge in [0.05, 0.1) is 36.1 Å². The second kappa shape index (κ2) is 11.9. The van der Waals surface area contributed by atoms with Gasteiger partial charge in [-0.3, -0.25) is 0 Å². The molecule has 182 valence electrons. The molecule has 0 saturated heterocycles. The number of aromatic nitrogens is 2. The van der Waals surface area contributed by atoms with Gasteiger partial charge in [-0.15, -0.1) is 11.3 Å². The van der Waals surface area contributed by atoms with Crippen molar-refractivity contribution in [1.82, 2.24) is 9.97 Å². The topological polar surface area (TPSA) is 145 Å². The molecule has 0 amide bonds. The molecule has 4 N–H and O–H groups in total. The van der Waals surface area contributed by atoms with Crippen molar-refractivity contribution in [2.24, 2.45) is 0 Å². The number of nitrogens with one attached hydrogen (secondary N) is 1. The van der Waals surface area contributed by atoms with Crippen LogP contribution in [0.3, 0.4) is 0 Å². The first-order valence-corrected chi connectivity index (χ1v) is 12.7. The number of benzene rings is 2. The fourth-order valence-electron chi connectivity index (χ4n) is 3.38. The van der Waals surface area contributed by atoms with E-state index in [4.69, 9.17) is 27.4 Å². The number of nitrogens with zero attached hydrogens (tertiary/aromatic N) is 5. The van der Waals surface area contributed by atoms with Crippen molar-refractivity contribution in [3.63, 3.8) is 0 Å². The van der Waals surface area contributed by atoms with Crippen molar-refractivity contribution in [2.45, 2.75) is 10.8 Å². The highest BCUT2D eigenvalue weighted by Crippen LogP contribution is 2.42. The van der Waals surface area contributed by atoms with E-state index >= 15 is 0 Å². The maximum Gasteiger partial charge on any atom is 0.236 e. The number of thiazole rings is 1. The van der Waals surface area contributed by atoms with Crippen LogP contribution in [0, 0.1) is 29.2 Å². The van der Waals surface area contributed by atoms with E-state index < -0.39 is 0 Å². The molecule has 4 rings (SSSR count). The number of pyridine rings is 1. The summed E-state index contributed by atoms with van der Waals surface area (Å²) in [5.74, 6) is 1.05. The number of nitrogens with two attached hydrogens (primary N) is 1. The smallest absolute Gasteiger partial charge is 0.236 e. The number of aliphatic hydroxyl groups excluding tert-OH is 1. The van der Waals surface area contributed by atoms with Crippen molar-refractivity contribution in [3.05, 3.63) is 82.1 Å². The molecule has 2 heterocycles. The highest BCUT2D eigenvalue weighted by atomic mass is 32.2. The van der Waals surface area contributed by atoms with Gasteiger partial charge in [0.15, 0.2) is 5.13 Å². The van der Waals surface area contributed by atoms with Crippen molar-refractivity contribution >= 4 is 45.4 Å². The maximum atomic E-state index is 10.0. The van der Waals surface area contributed by atoms with Gasteiger partial charge >= 0.3 is 0 Å². The summed E-state index contributed by atoms with van der Waals surface area (Å²) in [6.45, 7) is 7.67. The average molecular weight is 526 g/mol. The minimum atomic E-state index is -0.102. The van der Waals surface area contributed by atoms with Gasteiger partial charge in [0.2, 0.25) is 5.69 Å². The molecule has 0 fully saturated rings. The van der Waals surface area contributed by atoms with Gasteiger partial charge < -0.3 is 20.9 Å². The summed E-state index contributed by atoms with van der Waals surface area (Å²) in [5, 5.41) is 34.1. The van der Waals surface area contributed by atoms with Crippen LogP contribution in [0.5, 0.6) is 5.75 Å². The molecule has 0 aliphatic heterocycles. The lowest BCUT2D eigenvalue weighted by atomic mass is 10.00. The predicted octanol–water partition coefficient (Wildman–Crippen LogP) is 5.49. The van der Waals surface area contributed by atoms with E-state index in [9.17, 15) is 5.26 Å².